The third-order valence-corrected chi connectivity index (χ3v) is 3.79. The van der Waals surface area contributed by atoms with E-state index in [0.717, 1.165) is 17.6 Å². The Bertz CT molecular complexity index is 516. The van der Waals surface area contributed by atoms with E-state index in [1.54, 1.807) is 11.8 Å². The highest BCUT2D eigenvalue weighted by molar-refractivity contribution is 7.99. The molecule has 0 heterocycles. The molecule has 6 nitrogen and oxygen atoms in total. The summed E-state index contributed by atoms with van der Waals surface area (Å²) in [5.41, 5.74) is 9.94. The van der Waals surface area contributed by atoms with Crippen LogP contribution in [0.4, 0.5) is 4.39 Å². The molecule has 0 aliphatic carbocycles. The second-order valence-corrected chi connectivity index (χ2v) is 5.94. The maximum Gasteiger partial charge on any atom is 0.269 e. The Hall–Kier alpha value is -1.64. The molecule has 22 heavy (non-hydrogen) atoms. The van der Waals surface area contributed by atoms with Crippen LogP contribution in [0.1, 0.15) is 23.7 Å². The standard InChI is InChI=1S/C14H20FN3O3S/c1-2-22-7-6-11(16)12(19)14(21)18-17-13(20)9-4-3-5-10(15)8-9/h3-5,8,11-12,19H,2,6-7,16H2,1H3,(H,17,20)(H,18,21)/t11-,12?/m1/s1. The Kier molecular flexibility index (Phi) is 7.86. The fourth-order valence-corrected chi connectivity index (χ4v) is 2.34. The quantitative estimate of drug-likeness (QED) is 0.429. The van der Waals surface area contributed by atoms with Crippen molar-refractivity contribution in [3.63, 3.8) is 0 Å². The number of nitrogens with one attached hydrogen (secondary N) is 2. The summed E-state index contributed by atoms with van der Waals surface area (Å²) in [7, 11) is 0. The molecule has 0 aliphatic rings. The minimum atomic E-state index is -1.43. The van der Waals surface area contributed by atoms with Crippen molar-refractivity contribution in [3.8, 4) is 0 Å². The summed E-state index contributed by atoms with van der Waals surface area (Å²) in [5, 5.41) is 9.76. The van der Waals surface area contributed by atoms with Crippen LogP contribution in [-0.2, 0) is 4.79 Å². The zero-order chi connectivity index (χ0) is 16.5. The lowest BCUT2D eigenvalue weighted by molar-refractivity contribution is -0.131. The van der Waals surface area contributed by atoms with Crippen LogP contribution in [-0.4, -0.2) is 40.6 Å². The van der Waals surface area contributed by atoms with Gasteiger partial charge in [-0.15, -0.1) is 0 Å². The zero-order valence-electron chi connectivity index (χ0n) is 12.2. The molecule has 0 spiro atoms. The first-order chi connectivity index (χ1) is 10.5. The second kappa shape index (κ2) is 9.39. The maximum atomic E-state index is 13.0. The van der Waals surface area contributed by atoms with Crippen molar-refractivity contribution in [2.24, 2.45) is 5.73 Å². The summed E-state index contributed by atoms with van der Waals surface area (Å²) in [4.78, 5) is 23.4. The van der Waals surface area contributed by atoms with Gasteiger partial charge in [-0.05, 0) is 36.1 Å². The van der Waals surface area contributed by atoms with Gasteiger partial charge in [-0.2, -0.15) is 11.8 Å². The fourth-order valence-electron chi connectivity index (χ4n) is 1.61. The van der Waals surface area contributed by atoms with E-state index in [1.807, 2.05) is 6.92 Å². The summed E-state index contributed by atoms with van der Waals surface area (Å²) in [6.07, 6.45) is -0.949. The molecule has 122 valence electrons. The molecule has 0 aliphatic heterocycles. The largest absolute Gasteiger partial charge is 0.382 e. The maximum absolute atomic E-state index is 13.0. The van der Waals surface area contributed by atoms with E-state index >= 15 is 0 Å². The normalized spacial score (nSPS) is 13.3. The number of hydrazine groups is 1. The Morgan fingerprint density at radius 2 is 2.14 bits per heavy atom. The molecule has 0 fully saturated rings. The first kappa shape index (κ1) is 18.4. The number of carbonyl (C=O) groups is 2. The number of hydrogen-bond acceptors (Lipinski definition) is 5. The molecule has 5 N–H and O–H groups in total. The van der Waals surface area contributed by atoms with Gasteiger partial charge in [0.15, 0.2) is 0 Å². The van der Waals surface area contributed by atoms with Gasteiger partial charge in [0.2, 0.25) is 0 Å². The SMILES string of the molecule is CCSCC[C@@H](N)C(O)C(=O)NNC(=O)c1cccc(F)c1. The van der Waals surface area contributed by atoms with E-state index in [4.69, 9.17) is 5.73 Å². The third kappa shape index (κ3) is 6.00. The molecule has 2 amide bonds. The highest BCUT2D eigenvalue weighted by Crippen LogP contribution is 2.06. The summed E-state index contributed by atoms with van der Waals surface area (Å²) in [6.45, 7) is 2.00. The highest BCUT2D eigenvalue weighted by atomic mass is 32.2. The molecule has 0 bridgehead atoms. The fraction of sp³-hybridized carbons (Fsp3) is 0.429. The predicted molar refractivity (Wildman–Crippen MR) is 83.6 cm³/mol. The van der Waals surface area contributed by atoms with Crippen LogP contribution in [0.15, 0.2) is 24.3 Å². The van der Waals surface area contributed by atoms with Crippen LogP contribution in [0.25, 0.3) is 0 Å². The number of halogens is 1. The number of hydrogen-bond donors (Lipinski definition) is 4. The van der Waals surface area contributed by atoms with Crippen LogP contribution in [0.2, 0.25) is 0 Å². The highest BCUT2D eigenvalue weighted by Gasteiger charge is 2.23. The Balaban J connectivity index is 2.42. The van der Waals surface area contributed by atoms with E-state index in [0.29, 0.717) is 6.42 Å². The lowest BCUT2D eigenvalue weighted by atomic mass is 10.1. The predicted octanol–water partition coefficient (Wildman–Crippen LogP) is 0.418. The second-order valence-electron chi connectivity index (χ2n) is 4.55. The molecule has 0 aromatic heterocycles. The van der Waals surface area contributed by atoms with Crippen molar-refractivity contribution in [3.05, 3.63) is 35.6 Å². The van der Waals surface area contributed by atoms with Gasteiger partial charge in [-0.1, -0.05) is 13.0 Å². The van der Waals surface area contributed by atoms with Crippen molar-refractivity contribution >= 4 is 23.6 Å². The summed E-state index contributed by atoms with van der Waals surface area (Å²) >= 11 is 1.65. The number of rotatable bonds is 7. The van der Waals surface area contributed by atoms with Crippen LogP contribution in [0.5, 0.6) is 0 Å². The molecule has 0 saturated carbocycles. The van der Waals surface area contributed by atoms with Gasteiger partial charge < -0.3 is 10.8 Å². The topological polar surface area (TPSA) is 104 Å². The molecular formula is C14H20FN3O3S. The number of benzene rings is 1. The monoisotopic (exact) mass is 329 g/mol. The van der Waals surface area contributed by atoms with E-state index in [-0.39, 0.29) is 5.56 Å². The summed E-state index contributed by atoms with van der Waals surface area (Å²) < 4.78 is 13.0. The number of nitrogens with two attached hydrogens (primary N) is 1. The van der Waals surface area contributed by atoms with Crippen molar-refractivity contribution in [2.45, 2.75) is 25.5 Å². The average molecular weight is 329 g/mol. The van der Waals surface area contributed by atoms with Gasteiger partial charge in [0.1, 0.15) is 11.9 Å². The van der Waals surface area contributed by atoms with E-state index < -0.39 is 29.8 Å². The van der Waals surface area contributed by atoms with E-state index in [9.17, 15) is 19.1 Å². The molecule has 1 aromatic carbocycles. The molecular weight excluding hydrogens is 309 g/mol. The lowest BCUT2D eigenvalue weighted by Crippen LogP contribution is -2.52. The molecule has 2 atom stereocenters. The smallest absolute Gasteiger partial charge is 0.269 e. The van der Waals surface area contributed by atoms with Crippen molar-refractivity contribution in [1.29, 1.82) is 0 Å². The van der Waals surface area contributed by atoms with Crippen LogP contribution in [0.3, 0.4) is 0 Å². The summed E-state index contributed by atoms with van der Waals surface area (Å²) in [5.74, 6) is -0.389. The molecule has 1 aromatic rings. The van der Waals surface area contributed by atoms with E-state index in [1.165, 1.54) is 18.2 Å². The molecule has 8 heteroatoms. The molecule has 1 unspecified atom stereocenters. The van der Waals surface area contributed by atoms with Gasteiger partial charge in [-0.25, -0.2) is 4.39 Å². The van der Waals surface area contributed by atoms with Gasteiger partial charge >= 0.3 is 0 Å². The van der Waals surface area contributed by atoms with Crippen molar-refractivity contribution in [2.75, 3.05) is 11.5 Å². The zero-order valence-corrected chi connectivity index (χ0v) is 13.0. The third-order valence-electron chi connectivity index (χ3n) is 2.86. The Morgan fingerprint density at radius 1 is 1.41 bits per heavy atom. The number of carbonyl (C=O) groups excluding carboxylic acids is 2. The van der Waals surface area contributed by atoms with Crippen LogP contribution >= 0.6 is 11.8 Å². The first-order valence-corrected chi connectivity index (χ1v) is 7.98. The van der Waals surface area contributed by atoms with E-state index in [2.05, 4.69) is 10.9 Å². The van der Waals surface area contributed by atoms with Gasteiger partial charge in [-0.3, -0.25) is 20.4 Å². The van der Waals surface area contributed by atoms with Gasteiger partial charge in [0.05, 0.1) is 0 Å². The van der Waals surface area contributed by atoms with Crippen molar-refractivity contribution < 1.29 is 19.1 Å². The number of thioether (sulfide) groups is 1. The minimum Gasteiger partial charge on any atom is -0.382 e. The van der Waals surface area contributed by atoms with Crippen LogP contribution < -0.4 is 16.6 Å². The number of amides is 2. The summed E-state index contributed by atoms with van der Waals surface area (Å²) in [6, 6.07) is 4.29. The molecule has 0 saturated heterocycles. The van der Waals surface area contributed by atoms with Crippen molar-refractivity contribution in [1.82, 2.24) is 10.9 Å². The Labute approximate surface area is 132 Å². The molecule has 0 radical (unpaired) electrons. The average Bonchev–Trinajstić information content (AvgIpc) is 2.51. The van der Waals surface area contributed by atoms with Crippen LogP contribution in [0, 0.1) is 5.82 Å². The molecule has 1 rings (SSSR count). The Morgan fingerprint density at radius 3 is 2.77 bits per heavy atom. The minimum absolute atomic E-state index is 0.0541. The van der Waals surface area contributed by atoms with Gasteiger partial charge in [0, 0.05) is 11.6 Å². The number of aliphatic hydroxyl groups excluding tert-OH is 1. The lowest BCUT2D eigenvalue weighted by Gasteiger charge is -2.18. The van der Waals surface area contributed by atoms with Gasteiger partial charge in [0.25, 0.3) is 11.8 Å². The number of aliphatic hydroxyl groups is 1. The first-order valence-electron chi connectivity index (χ1n) is 6.82.